The molecule has 0 aliphatic carbocycles. The Morgan fingerprint density at radius 1 is 0.841 bits per heavy atom. The quantitative estimate of drug-likeness (QED) is 0.0216. The summed E-state index contributed by atoms with van der Waals surface area (Å²) in [5.41, 5.74) is 0.0769. The molecule has 3 aromatic carbocycles. The second kappa shape index (κ2) is 25.0. The fraction of sp³-hybridized carbons (Fsp3) is 0.491. The minimum atomic E-state index is -3.96. The van der Waals surface area contributed by atoms with E-state index in [1.165, 1.54) is 30.4 Å². The van der Waals surface area contributed by atoms with E-state index in [0.29, 0.717) is 30.0 Å². The Labute approximate surface area is 482 Å². The highest BCUT2D eigenvalue weighted by Gasteiger charge is 2.49. The number of hydrogen-bond donors (Lipinski definition) is 2. The van der Waals surface area contributed by atoms with Crippen LogP contribution in [0.3, 0.4) is 0 Å². The molecular formula is C57H74N9O13PSSi. The van der Waals surface area contributed by atoms with Crippen LogP contribution in [0.1, 0.15) is 88.1 Å². The van der Waals surface area contributed by atoms with Gasteiger partial charge in [0.25, 0.3) is 11.1 Å². The maximum Gasteiger partial charge on any atom is 0.330 e. The first-order valence-corrected chi connectivity index (χ1v) is 32.8. The van der Waals surface area contributed by atoms with Gasteiger partial charge >= 0.3 is 12.4 Å². The molecule has 0 bridgehead atoms. The molecular weight excluding hydrogens is 1110 g/mol. The maximum atomic E-state index is 13.5. The summed E-state index contributed by atoms with van der Waals surface area (Å²) in [6.07, 6.45) is 1.35. The number of methoxy groups -OCH3 is 2. The second-order valence-electron chi connectivity index (χ2n) is 22.6. The molecule has 2 N–H and O–H groups in total. The first kappa shape index (κ1) is 60.4. The van der Waals surface area contributed by atoms with E-state index < -0.39 is 74.3 Å². The molecule has 3 aromatic heterocycles. The number of likely N-dealkylation sites (tertiary alicyclic amines) is 1. The number of aliphatic imine (C=N–C) groups is 1. The van der Waals surface area contributed by atoms with Crippen molar-refractivity contribution in [2.24, 2.45) is 4.99 Å². The number of amides is 1. The van der Waals surface area contributed by atoms with Crippen LogP contribution in [0.2, 0.25) is 18.1 Å². The van der Waals surface area contributed by atoms with Gasteiger partial charge in [-0.25, -0.2) is 14.8 Å². The zero-order chi connectivity index (χ0) is 58.7. The van der Waals surface area contributed by atoms with Gasteiger partial charge in [-0.05, 0) is 90.7 Å². The van der Waals surface area contributed by atoms with Crippen molar-refractivity contribution in [3.63, 3.8) is 0 Å². The molecule has 0 unspecified atom stereocenters. The topological polar surface area (TPSA) is 237 Å². The fourth-order valence-corrected chi connectivity index (χ4v) is 13.8. The van der Waals surface area contributed by atoms with E-state index in [2.05, 4.69) is 53.8 Å². The van der Waals surface area contributed by atoms with Crippen LogP contribution in [0.4, 0.5) is 5.95 Å². The van der Waals surface area contributed by atoms with Gasteiger partial charge in [-0.3, -0.25) is 33.5 Å². The van der Waals surface area contributed by atoms with Crippen molar-refractivity contribution in [3.05, 3.63) is 145 Å². The molecule has 25 heteroatoms. The largest absolute Gasteiger partial charge is 0.497 e. The predicted molar refractivity (Wildman–Crippen MR) is 315 cm³/mol. The highest BCUT2D eigenvalue weighted by atomic mass is 32.5. The molecule has 9 rings (SSSR count). The molecule has 6 heterocycles. The number of ether oxygens (including phenoxy) is 5. The average molecular weight is 1180 g/mol. The zero-order valence-electron chi connectivity index (χ0n) is 48.2. The lowest BCUT2D eigenvalue weighted by Gasteiger charge is -2.39. The summed E-state index contributed by atoms with van der Waals surface area (Å²) in [7, 11) is 4.32. The lowest BCUT2D eigenvalue weighted by atomic mass is 9.80. The summed E-state index contributed by atoms with van der Waals surface area (Å²) in [6.45, 7) is 10.1. The highest BCUT2D eigenvalue weighted by molar-refractivity contribution is 8.07. The standard InChI is InChI=1S/C57H74N9O13PSSi/c1-36-30-65(55(70)62-52(36)68)48-29-45(79-82(10,11)56(3,4)5)47(77-48)33-75-80(81,74-31-41-18-15-27-64(41)37(2)67)78-44-28-49(66-35-58-50-51(66)60-54(61-53(50)69)59-34-63(6)7)76-46(44)32-73-57(38-16-13-12-14-17-38,39-19-23-42(71-8)24-20-39)40-21-25-43(72-9)26-22-40/h12-14,16-17,19-26,30,34-35,41,44-49H,15,18,27-29,31-33H2,1-11H3,(H,60,61,69)(H,62,68,70)/b59-34-/t41-,44+,45+,46-,47-,48-,49-,80-/m1/s1. The van der Waals surface area contributed by atoms with Gasteiger partial charge < -0.3 is 51.5 Å². The molecule has 440 valence electrons. The van der Waals surface area contributed by atoms with Crippen molar-refractivity contribution < 1.29 is 46.5 Å². The van der Waals surface area contributed by atoms with E-state index in [-0.39, 0.29) is 66.8 Å². The molecule has 8 atom stereocenters. The third-order valence-corrected chi connectivity index (χ3v) is 22.6. The smallest absolute Gasteiger partial charge is 0.330 e. The number of carbonyl (C=O) groups is 1. The highest BCUT2D eigenvalue weighted by Crippen LogP contribution is 2.55. The summed E-state index contributed by atoms with van der Waals surface area (Å²) < 4.78 is 63.4. The third-order valence-electron chi connectivity index (χ3n) is 15.7. The molecule has 3 saturated heterocycles. The first-order valence-electron chi connectivity index (χ1n) is 27.3. The summed E-state index contributed by atoms with van der Waals surface area (Å²) >= 11 is 6.52. The van der Waals surface area contributed by atoms with E-state index in [9.17, 15) is 19.2 Å². The Morgan fingerprint density at radius 3 is 2.05 bits per heavy atom. The summed E-state index contributed by atoms with van der Waals surface area (Å²) in [5, 5.41) is -0.202. The molecule has 0 saturated carbocycles. The number of fused-ring (bicyclic) bond motifs is 1. The molecule has 3 fully saturated rings. The molecule has 3 aliphatic heterocycles. The number of aryl methyl sites for hydroxylation is 1. The number of nitrogens with zero attached hydrogens (tertiary/aromatic N) is 7. The number of aromatic amines is 2. The van der Waals surface area contributed by atoms with Crippen LogP contribution < -0.4 is 26.3 Å². The number of H-pyrrole nitrogens is 2. The minimum Gasteiger partial charge on any atom is -0.497 e. The number of aromatic nitrogens is 6. The van der Waals surface area contributed by atoms with Gasteiger partial charge in [-0.15, -0.1) is 0 Å². The van der Waals surface area contributed by atoms with Gasteiger partial charge in [-0.1, -0.05) is 75.4 Å². The van der Waals surface area contributed by atoms with Crippen molar-refractivity contribution in [3.8, 4) is 11.5 Å². The van der Waals surface area contributed by atoms with E-state index in [0.717, 1.165) is 23.1 Å². The minimum absolute atomic E-state index is 0.000279. The Balaban J connectivity index is 1.12. The van der Waals surface area contributed by atoms with Gasteiger partial charge in [0.15, 0.2) is 19.5 Å². The van der Waals surface area contributed by atoms with Crippen LogP contribution in [0.15, 0.2) is 111 Å². The van der Waals surface area contributed by atoms with Gasteiger partial charge in [0.2, 0.25) is 11.9 Å². The van der Waals surface area contributed by atoms with Gasteiger partial charge in [0, 0.05) is 52.2 Å². The van der Waals surface area contributed by atoms with Crippen molar-refractivity contribution in [1.82, 2.24) is 38.9 Å². The average Bonchev–Trinajstić information content (AvgIpc) is 2.91. The Kier molecular flexibility index (Phi) is 18.4. The van der Waals surface area contributed by atoms with Crippen molar-refractivity contribution >= 4 is 56.2 Å². The first-order chi connectivity index (χ1) is 39.0. The molecule has 3 aliphatic rings. The number of imidazole rings is 1. The summed E-state index contributed by atoms with van der Waals surface area (Å²) in [6, 6.07) is 24.9. The molecule has 0 spiro atoms. The fourth-order valence-electron chi connectivity index (χ4n) is 10.3. The zero-order valence-corrected chi connectivity index (χ0v) is 50.9. The van der Waals surface area contributed by atoms with E-state index >= 15 is 0 Å². The molecule has 0 radical (unpaired) electrons. The van der Waals surface area contributed by atoms with Gasteiger partial charge in [0.1, 0.15) is 41.8 Å². The molecule has 22 nitrogen and oxygen atoms in total. The van der Waals surface area contributed by atoms with E-state index in [1.807, 2.05) is 78.9 Å². The molecule has 6 aromatic rings. The van der Waals surface area contributed by atoms with Crippen LogP contribution in [0.5, 0.6) is 11.5 Å². The Hall–Kier alpha value is -6.18. The van der Waals surface area contributed by atoms with Gasteiger partial charge in [-0.2, -0.15) is 4.98 Å². The number of carbonyl (C=O) groups excluding carboxylic acids is 1. The lowest BCUT2D eigenvalue weighted by Crippen LogP contribution is -2.46. The number of nitrogens with one attached hydrogen (secondary N) is 2. The van der Waals surface area contributed by atoms with Crippen molar-refractivity contribution in [2.75, 3.05) is 54.7 Å². The van der Waals surface area contributed by atoms with Gasteiger partial charge in [0.05, 0.1) is 65.0 Å². The predicted octanol–water partition coefficient (Wildman–Crippen LogP) is 7.84. The Bertz CT molecular complexity index is 3410. The number of hydrogen-bond acceptors (Lipinski definition) is 17. The third kappa shape index (κ3) is 13.1. The second-order valence-corrected chi connectivity index (χ2v) is 30.3. The van der Waals surface area contributed by atoms with Crippen LogP contribution in [-0.4, -0.2) is 145 Å². The number of rotatable bonds is 22. The van der Waals surface area contributed by atoms with E-state index in [1.54, 1.807) is 49.6 Å². The van der Waals surface area contributed by atoms with Crippen LogP contribution in [0.25, 0.3) is 11.2 Å². The van der Waals surface area contributed by atoms with Crippen LogP contribution in [0, 0.1) is 6.92 Å². The van der Waals surface area contributed by atoms with Crippen molar-refractivity contribution in [2.45, 2.75) is 127 Å². The molecule has 1 amide bonds. The summed E-state index contributed by atoms with van der Waals surface area (Å²) in [5.74, 6) is 1.26. The normalized spacial score (nSPS) is 22.3. The van der Waals surface area contributed by atoms with Crippen LogP contribution in [-0.2, 0) is 54.4 Å². The van der Waals surface area contributed by atoms with Crippen molar-refractivity contribution in [1.29, 1.82) is 0 Å². The number of benzene rings is 3. The SMILES string of the molecule is COc1ccc(C(OC[C@H]2O[C@@H](n3cnc4c(=O)[nH]c(/N=C\N(C)C)nc43)C[C@@H]2O[P@@](=S)(OC[C@H]2CCCN2C(C)=O)OC[C@H]2O[C@@H](n3cc(C)c(=O)[nH]c3=O)C[C@@H]2O[Si](C)(C)C(C)(C)C)(c2ccccc2)c2ccc(OC)cc2)cc1. The summed E-state index contributed by atoms with van der Waals surface area (Å²) in [4.78, 5) is 74.5. The Morgan fingerprint density at radius 2 is 1.44 bits per heavy atom. The monoisotopic (exact) mass is 1180 g/mol. The van der Waals surface area contributed by atoms with Crippen LogP contribution >= 0.6 is 6.72 Å². The maximum absolute atomic E-state index is 13.5. The van der Waals surface area contributed by atoms with E-state index in [4.69, 9.17) is 58.5 Å². The lowest BCUT2D eigenvalue weighted by molar-refractivity contribution is -0.130. The molecule has 82 heavy (non-hydrogen) atoms.